The van der Waals surface area contributed by atoms with Crippen LogP contribution in [-0.2, 0) is 6.54 Å². The van der Waals surface area contributed by atoms with E-state index in [2.05, 4.69) is 60.5 Å². The van der Waals surface area contributed by atoms with Gasteiger partial charge < -0.3 is 4.42 Å². The summed E-state index contributed by atoms with van der Waals surface area (Å²) in [6, 6.07) is 18.5. The van der Waals surface area contributed by atoms with Crippen molar-refractivity contribution >= 4 is 17.0 Å². The van der Waals surface area contributed by atoms with Crippen LogP contribution in [0.5, 0.6) is 0 Å². The molecule has 2 aromatic carbocycles. The van der Waals surface area contributed by atoms with Crippen molar-refractivity contribution in [1.82, 2.24) is 4.90 Å². The van der Waals surface area contributed by atoms with Crippen molar-refractivity contribution in [1.29, 1.82) is 0 Å². The minimum absolute atomic E-state index is 0.885. The van der Waals surface area contributed by atoms with E-state index in [0.717, 1.165) is 18.7 Å². The van der Waals surface area contributed by atoms with E-state index in [4.69, 9.17) is 4.42 Å². The fourth-order valence-corrected chi connectivity index (χ4v) is 2.44. The quantitative estimate of drug-likeness (QED) is 0.679. The smallest absolute Gasteiger partial charge is 0.134 e. The number of hydrogen-bond acceptors (Lipinski definition) is 2. The van der Waals surface area contributed by atoms with Crippen LogP contribution in [0.2, 0.25) is 0 Å². The summed E-state index contributed by atoms with van der Waals surface area (Å²) in [7, 11) is 2.12. The molecule has 106 valence electrons. The van der Waals surface area contributed by atoms with Gasteiger partial charge in [-0.3, -0.25) is 4.90 Å². The fourth-order valence-electron chi connectivity index (χ4n) is 2.44. The molecule has 0 aliphatic carbocycles. The molecular weight excluding hydrogens is 258 g/mol. The molecule has 0 amide bonds. The molecule has 0 aliphatic rings. The minimum atomic E-state index is 0.885. The second kappa shape index (κ2) is 6.42. The van der Waals surface area contributed by atoms with Crippen LogP contribution in [0.3, 0.4) is 0 Å². The zero-order valence-corrected chi connectivity index (χ0v) is 12.2. The number of furan rings is 1. The van der Waals surface area contributed by atoms with Gasteiger partial charge in [0.15, 0.2) is 0 Å². The Morgan fingerprint density at radius 2 is 1.76 bits per heavy atom. The van der Waals surface area contributed by atoms with Gasteiger partial charge in [0.2, 0.25) is 0 Å². The van der Waals surface area contributed by atoms with Crippen LogP contribution < -0.4 is 0 Å². The summed E-state index contributed by atoms with van der Waals surface area (Å²) in [4.78, 5) is 2.27. The van der Waals surface area contributed by atoms with E-state index in [9.17, 15) is 0 Å². The average Bonchev–Trinajstić information content (AvgIpc) is 2.92. The van der Waals surface area contributed by atoms with Gasteiger partial charge in [0, 0.05) is 24.0 Å². The number of fused-ring (bicyclic) bond motifs is 1. The van der Waals surface area contributed by atoms with E-state index in [1.165, 1.54) is 16.5 Å². The average molecular weight is 277 g/mol. The molecule has 0 atom stereocenters. The lowest BCUT2D eigenvalue weighted by atomic mass is 10.1. The molecule has 2 heteroatoms. The molecule has 0 aliphatic heterocycles. The van der Waals surface area contributed by atoms with Gasteiger partial charge in [-0.25, -0.2) is 0 Å². The van der Waals surface area contributed by atoms with Crippen molar-refractivity contribution in [2.45, 2.75) is 6.54 Å². The molecule has 0 saturated heterocycles. The van der Waals surface area contributed by atoms with Crippen LogP contribution in [0.15, 0.2) is 71.4 Å². The molecule has 3 aromatic rings. The minimum Gasteiger partial charge on any atom is -0.464 e. The first-order chi connectivity index (χ1) is 10.3. The highest BCUT2D eigenvalue weighted by Gasteiger charge is 2.06. The van der Waals surface area contributed by atoms with Crippen molar-refractivity contribution in [3.63, 3.8) is 0 Å². The Balaban J connectivity index is 1.61. The third-order valence-electron chi connectivity index (χ3n) is 3.53. The first-order valence-corrected chi connectivity index (χ1v) is 7.18. The van der Waals surface area contributed by atoms with Gasteiger partial charge in [0.25, 0.3) is 0 Å². The lowest BCUT2D eigenvalue weighted by Crippen LogP contribution is -2.17. The van der Waals surface area contributed by atoms with E-state index in [1.54, 1.807) is 0 Å². The second-order valence-corrected chi connectivity index (χ2v) is 5.27. The highest BCUT2D eigenvalue weighted by Crippen LogP contribution is 2.21. The van der Waals surface area contributed by atoms with Gasteiger partial charge in [-0.15, -0.1) is 0 Å². The molecule has 0 radical (unpaired) electrons. The molecular formula is C19H19NO. The highest BCUT2D eigenvalue weighted by molar-refractivity contribution is 5.80. The molecule has 0 unspecified atom stereocenters. The molecule has 2 nitrogen and oxygen atoms in total. The molecule has 1 heterocycles. The Kier molecular flexibility index (Phi) is 4.17. The van der Waals surface area contributed by atoms with Gasteiger partial charge in [-0.2, -0.15) is 0 Å². The molecule has 0 bridgehead atoms. The van der Waals surface area contributed by atoms with Crippen molar-refractivity contribution < 1.29 is 4.42 Å². The zero-order chi connectivity index (χ0) is 14.5. The number of likely N-dealkylation sites (N-methyl/N-ethyl adjacent to an activating group) is 1. The molecule has 3 rings (SSSR count). The van der Waals surface area contributed by atoms with E-state index >= 15 is 0 Å². The Morgan fingerprint density at radius 3 is 2.62 bits per heavy atom. The van der Waals surface area contributed by atoms with Crippen LogP contribution in [-0.4, -0.2) is 18.5 Å². The summed E-state index contributed by atoms with van der Waals surface area (Å²) in [6.45, 7) is 1.80. The van der Waals surface area contributed by atoms with Gasteiger partial charge in [0.05, 0.1) is 6.26 Å². The third-order valence-corrected chi connectivity index (χ3v) is 3.53. The lowest BCUT2D eigenvalue weighted by molar-refractivity contribution is 0.363. The highest BCUT2D eigenvalue weighted by atomic mass is 16.3. The maximum Gasteiger partial charge on any atom is 0.134 e. The Labute approximate surface area is 125 Å². The van der Waals surface area contributed by atoms with Crippen LogP contribution >= 0.6 is 0 Å². The summed E-state index contributed by atoms with van der Waals surface area (Å²) >= 11 is 0. The number of hydrogen-bond donors (Lipinski definition) is 0. The molecule has 0 saturated carbocycles. The largest absolute Gasteiger partial charge is 0.464 e. The first kappa shape index (κ1) is 13.7. The predicted octanol–water partition coefficient (Wildman–Crippen LogP) is 4.58. The van der Waals surface area contributed by atoms with E-state index in [0.29, 0.717) is 0 Å². The summed E-state index contributed by atoms with van der Waals surface area (Å²) in [6.07, 6.45) is 6.21. The van der Waals surface area contributed by atoms with Gasteiger partial charge in [0.1, 0.15) is 5.58 Å². The van der Waals surface area contributed by atoms with Crippen molar-refractivity contribution in [2.75, 3.05) is 13.6 Å². The number of benzene rings is 2. The molecule has 21 heavy (non-hydrogen) atoms. The normalized spacial score (nSPS) is 11.7. The zero-order valence-electron chi connectivity index (χ0n) is 12.2. The van der Waals surface area contributed by atoms with Crippen LogP contribution in [0.25, 0.3) is 17.0 Å². The summed E-state index contributed by atoms with van der Waals surface area (Å²) in [5.74, 6) is 0. The number of para-hydroxylation sites is 1. The molecule has 0 spiro atoms. The fraction of sp³-hybridized carbons (Fsp3) is 0.158. The number of nitrogens with zero attached hydrogens (tertiary/aromatic N) is 1. The van der Waals surface area contributed by atoms with Crippen molar-refractivity contribution in [3.8, 4) is 0 Å². The van der Waals surface area contributed by atoms with Crippen molar-refractivity contribution in [2.24, 2.45) is 0 Å². The van der Waals surface area contributed by atoms with E-state index < -0.39 is 0 Å². The lowest BCUT2D eigenvalue weighted by Gasteiger charge is -2.13. The Hall–Kier alpha value is -2.32. The molecule has 0 N–H and O–H groups in total. The summed E-state index contributed by atoms with van der Waals surface area (Å²) in [5.41, 5.74) is 3.43. The topological polar surface area (TPSA) is 16.4 Å². The van der Waals surface area contributed by atoms with Crippen molar-refractivity contribution in [3.05, 3.63) is 78.1 Å². The van der Waals surface area contributed by atoms with Gasteiger partial charge >= 0.3 is 0 Å². The Bertz CT molecular complexity index is 727. The van der Waals surface area contributed by atoms with Crippen LogP contribution in [0.1, 0.15) is 11.1 Å². The van der Waals surface area contributed by atoms with Gasteiger partial charge in [-0.05, 0) is 18.7 Å². The predicted molar refractivity (Wildman–Crippen MR) is 88.0 cm³/mol. The number of rotatable bonds is 5. The Morgan fingerprint density at radius 1 is 1.00 bits per heavy atom. The summed E-state index contributed by atoms with van der Waals surface area (Å²) in [5, 5.41) is 1.20. The van der Waals surface area contributed by atoms with E-state index in [1.807, 2.05) is 24.5 Å². The van der Waals surface area contributed by atoms with Gasteiger partial charge in [-0.1, -0.05) is 60.7 Å². The maximum absolute atomic E-state index is 5.58. The maximum atomic E-state index is 5.58. The SMILES string of the molecule is CN(C/C=C/c1ccccc1)Cc1coc2ccccc12. The monoisotopic (exact) mass is 277 g/mol. The first-order valence-electron chi connectivity index (χ1n) is 7.18. The molecule has 1 aromatic heterocycles. The van der Waals surface area contributed by atoms with Crippen LogP contribution in [0.4, 0.5) is 0 Å². The summed E-state index contributed by atoms with van der Waals surface area (Å²) < 4.78 is 5.58. The van der Waals surface area contributed by atoms with E-state index in [-0.39, 0.29) is 0 Å². The standard InChI is InChI=1S/C19H19NO/c1-20(13-7-10-16-8-3-2-4-9-16)14-17-15-21-19-12-6-5-11-18(17)19/h2-12,15H,13-14H2,1H3/b10-7+. The second-order valence-electron chi connectivity index (χ2n) is 5.27. The molecule has 0 fully saturated rings. The van der Waals surface area contributed by atoms with Crippen LogP contribution in [0, 0.1) is 0 Å². The third kappa shape index (κ3) is 3.41.